The summed E-state index contributed by atoms with van der Waals surface area (Å²) in [6, 6.07) is 10.6. The van der Waals surface area contributed by atoms with Gasteiger partial charge in [-0.25, -0.2) is 4.79 Å². The predicted molar refractivity (Wildman–Crippen MR) is 96.4 cm³/mol. The van der Waals surface area contributed by atoms with Gasteiger partial charge in [-0.05, 0) is 24.3 Å². The minimum atomic E-state index is -0.596. The Hall–Kier alpha value is -3.10. The number of benzene rings is 1. The Bertz CT molecular complexity index is 886. The van der Waals surface area contributed by atoms with Crippen molar-refractivity contribution in [2.45, 2.75) is 6.61 Å². The maximum atomic E-state index is 12.6. The van der Waals surface area contributed by atoms with E-state index in [1.54, 1.807) is 30.3 Å². The third-order valence-corrected chi connectivity index (χ3v) is 4.19. The van der Waals surface area contributed by atoms with Crippen molar-refractivity contribution in [3.63, 3.8) is 0 Å². The summed E-state index contributed by atoms with van der Waals surface area (Å²) in [5.74, 6) is 0.0469. The molecule has 2 aromatic rings. The normalized spacial score (nSPS) is 14.0. The zero-order valence-corrected chi connectivity index (χ0v) is 14.8. The molecule has 1 aromatic heterocycles. The van der Waals surface area contributed by atoms with Crippen LogP contribution in [0.15, 0.2) is 52.1 Å². The zero-order chi connectivity index (χ0) is 19.4. The lowest BCUT2D eigenvalue weighted by atomic mass is 10.1. The molecule has 27 heavy (non-hydrogen) atoms. The molecule has 142 valence electrons. The molecule has 0 spiro atoms. The van der Waals surface area contributed by atoms with Crippen LogP contribution >= 0.6 is 0 Å². The second-order valence-corrected chi connectivity index (χ2v) is 5.93. The highest BCUT2D eigenvalue weighted by molar-refractivity contribution is 6.08. The zero-order valence-electron chi connectivity index (χ0n) is 14.8. The van der Waals surface area contributed by atoms with E-state index in [9.17, 15) is 9.59 Å². The van der Waals surface area contributed by atoms with Gasteiger partial charge < -0.3 is 29.6 Å². The molecule has 0 saturated heterocycles. The molecule has 0 aliphatic carbocycles. The van der Waals surface area contributed by atoms with Crippen molar-refractivity contribution < 1.29 is 29.0 Å². The lowest BCUT2D eigenvalue weighted by molar-refractivity contribution is -0.136. The monoisotopic (exact) mass is 372 g/mol. The Labute approximate surface area is 155 Å². The molecule has 0 atom stereocenters. The molecule has 1 amide bonds. The molecule has 0 fully saturated rings. The number of β-amino-alcohol motifs (C(OH)–C–C–N with tert-alkyl or cyclic N) is 1. The molecule has 0 bridgehead atoms. The molecule has 0 radical (unpaired) electrons. The maximum Gasteiger partial charge on any atom is 0.337 e. The van der Waals surface area contributed by atoms with Crippen LogP contribution in [0.25, 0.3) is 11.3 Å². The Kier molecular flexibility index (Phi) is 5.58. The molecular weight excluding hydrogens is 352 g/mol. The largest absolute Gasteiger partial charge is 0.466 e. The molecule has 3 rings (SSSR count). The van der Waals surface area contributed by atoms with Gasteiger partial charge >= 0.3 is 5.97 Å². The molecule has 8 heteroatoms. The van der Waals surface area contributed by atoms with Gasteiger partial charge in [0.05, 0.1) is 25.8 Å². The van der Waals surface area contributed by atoms with Crippen LogP contribution in [0.2, 0.25) is 0 Å². The van der Waals surface area contributed by atoms with E-state index < -0.39 is 5.97 Å². The first-order valence-corrected chi connectivity index (χ1v) is 8.36. The first-order chi connectivity index (χ1) is 13.1. The summed E-state index contributed by atoms with van der Waals surface area (Å²) in [5.41, 5.74) is 1.67. The van der Waals surface area contributed by atoms with Gasteiger partial charge in [0, 0.05) is 17.8 Å². The lowest BCUT2D eigenvalue weighted by Crippen LogP contribution is -2.31. The van der Waals surface area contributed by atoms with E-state index in [0.717, 1.165) is 5.56 Å². The molecular formula is C19H20N2O6. The minimum Gasteiger partial charge on any atom is -0.466 e. The number of rotatable bonds is 7. The van der Waals surface area contributed by atoms with Crippen LogP contribution in [0.1, 0.15) is 5.76 Å². The highest BCUT2D eigenvalue weighted by atomic mass is 16.5. The Morgan fingerprint density at radius 2 is 2.11 bits per heavy atom. The van der Waals surface area contributed by atoms with Gasteiger partial charge in [0.25, 0.3) is 5.91 Å². The van der Waals surface area contributed by atoms with Crippen molar-refractivity contribution >= 4 is 17.6 Å². The number of nitrogens with zero attached hydrogens (tertiary/aromatic N) is 1. The number of furan rings is 1. The molecule has 0 unspecified atom stereocenters. The smallest absolute Gasteiger partial charge is 0.337 e. The molecule has 0 saturated carbocycles. The van der Waals surface area contributed by atoms with Crippen LogP contribution in [0.3, 0.4) is 0 Å². The summed E-state index contributed by atoms with van der Waals surface area (Å²) in [5, 5.41) is 21.2. The van der Waals surface area contributed by atoms with Gasteiger partial charge in [-0.15, -0.1) is 0 Å². The number of anilines is 1. The van der Waals surface area contributed by atoms with Crippen LogP contribution in [-0.4, -0.2) is 53.8 Å². The van der Waals surface area contributed by atoms with Crippen molar-refractivity contribution in [1.82, 2.24) is 4.90 Å². The number of carbonyl (C=O) groups is 2. The first kappa shape index (κ1) is 18.7. The number of ether oxygens (including phenoxy) is 1. The fraction of sp³-hybridized carbons (Fsp3) is 0.263. The highest BCUT2D eigenvalue weighted by Gasteiger charge is 2.34. The third kappa shape index (κ3) is 3.86. The van der Waals surface area contributed by atoms with Crippen molar-refractivity contribution in [3.05, 3.63) is 53.4 Å². The van der Waals surface area contributed by atoms with Crippen molar-refractivity contribution in [3.8, 4) is 11.3 Å². The van der Waals surface area contributed by atoms with E-state index in [1.807, 2.05) is 6.07 Å². The van der Waals surface area contributed by atoms with E-state index in [4.69, 9.17) is 19.4 Å². The fourth-order valence-electron chi connectivity index (χ4n) is 2.86. The average Bonchev–Trinajstić information content (AvgIpc) is 3.28. The number of aliphatic hydroxyl groups is 2. The number of hydrogen-bond acceptors (Lipinski definition) is 7. The standard InChI is InChI=1S/C19H20N2O6/c1-26-19(25)15-10-21(7-8-22)18(24)17(15)20-13-4-2-3-12(9-13)16-6-5-14(11-23)27-16/h2-6,9,20,22-23H,7-8,10-11H2,1H3. The molecule has 2 heterocycles. The Balaban J connectivity index is 1.89. The SMILES string of the molecule is COC(=O)C1=C(Nc2cccc(-c3ccc(CO)o3)c2)C(=O)N(CCO)C1. The second-order valence-electron chi connectivity index (χ2n) is 5.93. The Morgan fingerprint density at radius 1 is 1.30 bits per heavy atom. The van der Waals surface area contributed by atoms with Crippen LogP contribution in [-0.2, 0) is 20.9 Å². The van der Waals surface area contributed by atoms with Crippen LogP contribution in [0, 0.1) is 0 Å². The third-order valence-electron chi connectivity index (χ3n) is 4.19. The molecule has 1 aliphatic rings. The van der Waals surface area contributed by atoms with Gasteiger partial charge in [0.15, 0.2) is 0 Å². The molecule has 1 aromatic carbocycles. The van der Waals surface area contributed by atoms with Crippen molar-refractivity contribution in [2.75, 3.05) is 32.1 Å². The first-order valence-electron chi connectivity index (χ1n) is 8.36. The molecule has 3 N–H and O–H groups in total. The summed E-state index contributed by atoms with van der Waals surface area (Å²) < 4.78 is 10.3. The van der Waals surface area contributed by atoms with E-state index >= 15 is 0 Å². The summed E-state index contributed by atoms with van der Waals surface area (Å²) in [6.45, 7) is -0.190. The van der Waals surface area contributed by atoms with E-state index in [2.05, 4.69) is 5.32 Å². The topological polar surface area (TPSA) is 112 Å². The second kappa shape index (κ2) is 8.07. The van der Waals surface area contributed by atoms with Gasteiger partial charge in [-0.2, -0.15) is 0 Å². The number of aliphatic hydroxyl groups excluding tert-OH is 2. The lowest BCUT2D eigenvalue weighted by Gasteiger charge is -2.15. The van der Waals surface area contributed by atoms with Crippen molar-refractivity contribution in [1.29, 1.82) is 0 Å². The summed E-state index contributed by atoms with van der Waals surface area (Å²) in [7, 11) is 1.25. The van der Waals surface area contributed by atoms with E-state index in [-0.39, 0.29) is 43.5 Å². The number of hydrogen-bond donors (Lipinski definition) is 3. The van der Waals surface area contributed by atoms with Gasteiger partial charge in [-0.3, -0.25) is 4.79 Å². The van der Waals surface area contributed by atoms with Crippen LogP contribution in [0.4, 0.5) is 5.69 Å². The Morgan fingerprint density at radius 3 is 2.78 bits per heavy atom. The maximum absolute atomic E-state index is 12.6. The average molecular weight is 372 g/mol. The number of carbonyl (C=O) groups excluding carboxylic acids is 2. The fourth-order valence-corrected chi connectivity index (χ4v) is 2.86. The van der Waals surface area contributed by atoms with Gasteiger partial charge in [0.1, 0.15) is 23.8 Å². The van der Waals surface area contributed by atoms with Crippen molar-refractivity contribution in [2.24, 2.45) is 0 Å². The van der Waals surface area contributed by atoms with E-state index in [1.165, 1.54) is 12.0 Å². The number of esters is 1. The van der Waals surface area contributed by atoms with E-state index in [0.29, 0.717) is 17.2 Å². The predicted octanol–water partition coefficient (Wildman–Crippen LogP) is 1.11. The molecule has 8 nitrogen and oxygen atoms in total. The van der Waals surface area contributed by atoms with Crippen LogP contribution in [0.5, 0.6) is 0 Å². The molecule has 1 aliphatic heterocycles. The number of methoxy groups -OCH3 is 1. The van der Waals surface area contributed by atoms with Gasteiger partial charge in [0.2, 0.25) is 0 Å². The highest BCUT2D eigenvalue weighted by Crippen LogP contribution is 2.27. The summed E-state index contributed by atoms with van der Waals surface area (Å²) >= 11 is 0. The quantitative estimate of drug-likeness (QED) is 0.624. The minimum absolute atomic E-state index is 0.0755. The summed E-state index contributed by atoms with van der Waals surface area (Å²) in [6.07, 6.45) is 0. The van der Waals surface area contributed by atoms with Gasteiger partial charge in [-0.1, -0.05) is 12.1 Å². The number of nitrogens with one attached hydrogen (secondary N) is 1. The number of amides is 1. The summed E-state index contributed by atoms with van der Waals surface area (Å²) in [4.78, 5) is 26.0. The van der Waals surface area contributed by atoms with Crippen LogP contribution < -0.4 is 5.32 Å².